The van der Waals surface area contributed by atoms with Crippen molar-refractivity contribution in [2.45, 2.75) is 53.1 Å². The van der Waals surface area contributed by atoms with Crippen LogP contribution in [0.5, 0.6) is 0 Å². The van der Waals surface area contributed by atoms with E-state index in [0.717, 1.165) is 0 Å². The number of carbonyl (C=O) groups excluding carboxylic acids is 1. The topological polar surface area (TPSA) is 87.7 Å². The number of carboxylic acids is 1. The Hall–Kier alpha value is -1.30. The molecule has 0 rings (SSSR count). The number of carbonyl (C=O) groups is 2. The van der Waals surface area contributed by atoms with Gasteiger partial charge in [-0.1, -0.05) is 20.8 Å². The minimum Gasteiger partial charge on any atom is -0.481 e. The fraction of sp³-hybridized carbons (Fsp3) is 0.846. The van der Waals surface area contributed by atoms with Gasteiger partial charge in [0.15, 0.2) is 0 Å². The molecule has 0 aliphatic rings. The van der Waals surface area contributed by atoms with Crippen LogP contribution in [0.25, 0.3) is 0 Å². The van der Waals surface area contributed by atoms with Gasteiger partial charge in [0.05, 0.1) is 19.1 Å². The average molecular weight is 274 g/mol. The zero-order valence-corrected chi connectivity index (χ0v) is 12.4. The first kappa shape index (κ1) is 17.7. The molecule has 2 atom stereocenters. The van der Waals surface area contributed by atoms with E-state index in [0.29, 0.717) is 13.2 Å². The van der Waals surface area contributed by atoms with Crippen molar-refractivity contribution in [3.63, 3.8) is 0 Å². The second-order valence-corrected chi connectivity index (χ2v) is 5.69. The number of amides is 2. The Kier molecular flexibility index (Phi) is 7.44. The zero-order valence-electron chi connectivity index (χ0n) is 12.4. The first-order valence-corrected chi connectivity index (χ1v) is 6.53. The van der Waals surface area contributed by atoms with Gasteiger partial charge in [-0.2, -0.15) is 0 Å². The molecule has 6 nitrogen and oxygen atoms in total. The van der Waals surface area contributed by atoms with Crippen LogP contribution in [-0.4, -0.2) is 42.4 Å². The lowest BCUT2D eigenvalue weighted by atomic mass is 9.85. The Morgan fingerprint density at radius 3 is 2.26 bits per heavy atom. The Morgan fingerprint density at radius 2 is 1.84 bits per heavy atom. The molecule has 112 valence electrons. The maximum Gasteiger partial charge on any atom is 0.315 e. The Bertz CT molecular complexity index is 300. The highest BCUT2D eigenvalue weighted by Crippen LogP contribution is 2.21. The number of rotatable bonds is 7. The summed E-state index contributed by atoms with van der Waals surface area (Å²) in [6.07, 6.45) is -0.100. The summed E-state index contributed by atoms with van der Waals surface area (Å²) in [4.78, 5) is 22.6. The predicted molar refractivity (Wildman–Crippen MR) is 73.1 cm³/mol. The third-order valence-electron chi connectivity index (χ3n) is 2.68. The van der Waals surface area contributed by atoms with Gasteiger partial charge in [0.25, 0.3) is 0 Å². The van der Waals surface area contributed by atoms with E-state index in [1.54, 1.807) is 0 Å². The lowest BCUT2D eigenvalue weighted by Crippen LogP contribution is -2.51. The number of carboxylic acid groups (broad SMARTS) is 1. The molecule has 19 heavy (non-hydrogen) atoms. The van der Waals surface area contributed by atoms with E-state index >= 15 is 0 Å². The van der Waals surface area contributed by atoms with Crippen LogP contribution >= 0.6 is 0 Å². The normalized spacial score (nSPS) is 14.6. The highest BCUT2D eigenvalue weighted by molar-refractivity contribution is 5.76. The first-order valence-electron chi connectivity index (χ1n) is 6.53. The van der Waals surface area contributed by atoms with Crippen molar-refractivity contribution in [2.24, 2.45) is 5.41 Å². The van der Waals surface area contributed by atoms with Crippen molar-refractivity contribution in [3.05, 3.63) is 0 Å². The average Bonchev–Trinajstić information content (AvgIpc) is 2.23. The van der Waals surface area contributed by atoms with Gasteiger partial charge in [0.1, 0.15) is 0 Å². The van der Waals surface area contributed by atoms with Gasteiger partial charge in [-0.15, -0.1) is 0 Å². The predicted octanol–water partition coefficient (Wildman–Crippen LogP) is 1.60. The van der Waals surface area contributed by atoms with Crippen molar-refractivity contribution in [3.8, 4) is 0 Å². The van der Waals surface area contributed by atoms with Crippen LogP contribution < -0.4 is 10.6 Å². The minimum atomic E-state index is -0.928. The van der Waals surface area contributed by atoms with Gasteiger partial charge in [-0.3, -0.25) is 4.79 Å². The molecule has 0 aliphatic carbocycles. The summed E-state index contributed by atoms with van der Waals surface area (Å²) < 4.78 is 5.20. The summed E-state index contributed by atoms with van der Waals surface area (Å²) in [5.74, 6) is -0.928. The summed E-state index contributed by atoms with van der Waals surface area (Å²) in [7, 11) is 0. The SMILES string of the molecule is CCOCC(C)NC(=O)NC(CC(=O)O)C(C)(C)C. The highest BCUT2D eigenvalue weighted by atomic mass is 16.5. The van der Waals surface area contributed by atoms with Crippen LogP contribution in [-0.2, 0) is 9.53 Å². The molecule has 0 saturated carbocycles. The number of aliphatic carboxylic acids is 1. The molecule has 6 heteroatoms. The molecule has 3 N–H and O–H groups in total. The number of hydrogen-bond donors (Lipinski definition) is 3. The standard InChI is InChI=1S/C13H26N2O4/c1-6-19-8-9(2)14-12(18)15-10(7-11(16)17)13(3,4)5/h9-10H,6-8H2,1-5H3,(H,16,17)(H2,14,15,18). The van der Waals surface area contributed by atoms with Crippen molar-refractivity contribution in [2.75, 3.05) is 13.2 Å². The van der Waals surface area contributed by atoms with E-state index in [4.69, 9.17) is 9.84 Å². The van der Waals surface area contributed by atoms with E-state index < -0.39 is 12.0 Å². The van der Waals surface area contributed by atoms with Crippen LogP contribution in [0.4, 0.5) is 4.79 Å². The molecule has 0 aromatic rings. The van der Waals surface area contributed by atoms with Crippen molar-refractivity contribution >= 4 is 12.0 Å². The quantitative estimate of drug-likeness (QED) is 0.658. The summed E-state index contributed by atoms with van der Waals surface area (Å²) in [6.45, 7) is 10.4. The Morgan fingerprint density at radius 1 is 1.26 bits per heavy atom. The van der Waals surface area contributed by atoms with Gasteiger partial charge < -0.3 is 20.5 Å². The largest absolute Gasteiger partial charge is 0.481 e. The molecule has 0 aliphatic heterocycles. The maximum absolute atomic E-state index is 11.8. The maximum atomic E-state index is 11.8. The molecular weight excluding hydrogens is 248 g/mol. The van der Waals surface area contributed by atoms with Gasteiger partial charge in [0.2, 0.25) is 0 Å². The van der Waals surface area contributed by atoms with Gasteiger partial charge >= 0.3 is 12.0 Å². The third kappa shape index (κ3) is 8.42. The summed E-state index contributed by atoms with van der Waals surface area (Å²) >= 11 is 0. The molecule has 0 radical (unpaired) electrons. The number of ether oxygens (including phenoxy) is 1. The van der Waals surface area contributed by atoms with E-state index in [-0.39, 0.29) is 23.9 Å². The number of hydrogen-bond acceptors (Lipinski definition) is 3. The van der Waals surface area contributed by atoms with Crippen LogP contribution in [0, 0.1) is 5.41 Å². The Labute approximate surface area is 114 Å². The van der Waals surface area contributed by atoms with Crippen molar-refractivity contribution < 1.29 is 19.4 Å². The van der Waals surface area contributed by atoms with E-state index in [1.165, 1.54) is 0 Å². The van der Waals surface area contributed by atoms with Crippen LogP contribution in [0.1, 0.15) is 41.0 Å². The molecule has 0 heterocycles. The molecule has 0 fully saturated rings. The van der Waals surface area contributed by atoms with E-state index in [2.05, 4.69) is 10.6 Å². The van der Waals surface area contributed by atoms with E-state index in [9.17, 15) is 9.59 Å². The monoisotopic (exact) mass is 274 g/mol. The second kappa shape index (κ2) is 7.99. The third-order valence-corrected chi connectivity index (χ3v) is 2.68. The first-order chi connectivity index (χ1) is 8.66. The summed E-state index contributed by atoms with van der Waals surface area (Å²) in [6, 6.07) is -0.914. The summed E-state index contributed by atoms with van der Waals surface area (Å²) in [5, 5.41) is 14.3. The van der Waals surface area contributed by atoms with Crippen LogP contribution in [0.3, 0.4) is 0 Å². The van der Waals surface area contributed by atoms with Crippen molar-refractivity contribution in [1.82, 2.24) is 10.6 Å². The lowest BCUT2D eigenvalue weighted by Gasteiger charge is -2.30. The van der Waals surface area contributed by atoms with Crippen LogP contribution in [0.2, 0.25) is 0 Å². The molecular formula is C13H26N2O4. The molecule has 0 aromatic heterocycles. The molecule has 0 spiro atoms. The lowest BCUT2D eigenvalue weighted by molar-refractivity contribution is -0.138. The number of urea groups is 1. The molecule has 0 bridgehead atoms. The fourth-order valence-electron chi connectivity index (χ4n) is 1.51. The van der Waals surface area contributed by atoms with Gasteiger partial charge in [-0.05, 0) is 19.3 Å². The van der Waals surface area contributed by atoms with Gasteiger partial charge in [-0.25, -0.2) is 4.79 Å². The Balaban J connectivity index is 4.35. The smallest absolute Gasteiger partial charge is 0.315 e. The zero-order chi connectivity index (χ0) is 15.1. The minimum absolute atomic E-state index is 0.100. The molecule has 2 unspecified atom stereocenters. The second-order valence-electron chi connectivity index (χ2n) is 5.69. The molecule has 2 amide bonds. The molecule has 0 saturated heterocycles. The molecule has 0 aromatic carbocycles. The number of nitrogens with one attached hydrogen (secondary N) is 2. The highest BCUT2D eigenvalue weighted by Gasteiger charge is 2.28. The summed E-state index contributed by atoms with van der Waals surface area (Å²) in [5.41, 5.74) is -0.321. The van der Waals surface area contributed by atoms with E-state index in [1.807, 2.05) is 34.6 Å². The fourth-order valence-corrected chi connectivity index (χ4v) is 1.51. The van der Waals surface area contributed by atoms with Crippen LogP contribution in [0.15, 0.2) is 0 Å². The van der Waals surface area contributed by atoms with Crippen molar-refractivity contribution in [1.29, 1.82) is 0 Å². The van der Waals surface area contributed by atoms with Gasteiger partial charge in [0, 0.05) is 12.6 Å².